The summed E-state index contributed by atoms with van der Waals surface area (Å²) in [6.07, 6.45) is 4.23. The van der Waals surface area contributed by atoms with Gasteiger partial charge in [0.1, 0.15) is 10.8 Å². The van der Waals surface area contributed by atoms with Crippen LogP contribution in [-0.4, -0.2) is 4.98 Å². The van der Waals surface area contributed by atoms with Gasteiger partial charge in [0.15, 0.2) is 0 Å². The van der Waals surface area contributed by atoms with Crippen molar-refractivity contribution in [1.82, 2.24) is 4.98 Å². The molecule has 4 heteroatoms. The zero-order valence-corrected chi connectivity index (χ0v) is 17.6. The van der Waals surface area contributed by atoms with E-state index < -0.39 is 0 Å². The summed E-state index contributed by atoms with van der Waals surface area (Å²) < 4.78 is 14.1. The first kappa shape index (κ1) is 18.8. The molecule has 0 radical (unpaired) electrons. The lowest BCUT2D eigenvalue weighted by molar-refractivity contribution is 0.628. The number of nitrogens with zero attached hydrogens (tertiary/aromatic N) is 1. The lowest BCUT2D eigenvalue weighted by Crippen LogP contribution is -1.82. The minimum absolute atomic E-state index is 0.242. The Kier molecular flexibility index (Phi) is 5.51. The maximum Gasteiger partial charge on any atom is 0.125 e. The van der Waals surface area contributed by atoms with Crippen molar-refractivity contribution in [3.8, 4) is 21.8 Å². The number of rotatable bonds is 4. The van der Waals surface area contributed by atoms with Crippen molar-refractivity contribution in [2.24, 2.45) is 0 Å². The summed E-state index contributed by atoms with van der Waals surface area (Å²) in [6, 6.07) is 23.2. The third-order valence-electron chi connectivity index (χ3n) is 4.37. The number of thiazole rings is 1. The van der Waals surface area contributed by atoms with Crippen molar-refractivity contribution in [2.45, 2.75) is 6.92 Å². The molecule has 3 aromatic carbocycles. The summed E-state index contributed by atoms with van der Waals surface area (Å²) in [4.78, 5) is 4.74. The van der Waals surface area contributed by atoms with Crippen LogP contribution in [0.25, 0.3) is 34.0 Å². The smallest absolute Gasteiger partial charge is 0.125 e. The second kappa shape index (κ2) is 8.21. The summed E-state index contributed by atoms with van der Waals surface area (Å²) >= 11 is 5.17. The van der Waals surface area contributed by atoms with Gasteiger partial charge in [0, 0.05) is 11.1 Å². The highest BCUT2D eigenvalue weighted by atomic mass is 79.9. The molecule has 28 heavy (non-hydrogen) atoms. The molecule has 0 spiro atoms. The Bertz CT molecular complexity index is 1130. The molecule has 0 saturated heterocycles. The van der Waals surface area contributed by atoms with E-state index in [1.54, 1.807) is 23.5 Å². The van der Waals surface area contributed by atoms with E-state index in [0.29, 0.717) is 0 Å². The molecular formula is C24H17BrFNS. The minimum Gasteiger partial charge on any atom is -0.235 e. The van der Waals surface area contributed by atoms with Gasteiger partial charge in [-0.05, 0) is 58.2 Å². The van der Waals surface area contributed by atoms with Crippen LogP contribution in [0.15, 0.2) is 76.6 Å². The summed E-state index contributed by atoms with van der Waals surface area (Å²) in [5, 5.41) is 0.866. The van der Waals surface area contributed by atoms with Gasteiger partial charge < -0.3 is 0 Å². The van der Waals surface area contributed by atoms with Gasteiger partial charge in [-0.25, -0.2) is 9.37 Å². The van der Waals surface area contributed by atoms with Crippen molar-refractivity contribution >= 4 is 39.4 Å². The Balaban J connectivity index is 1.56. The fraction of sp³-hybridized carbons (Fsp3) is 0.0417. The SMILES string of the molecule is Cc1cccc(C=Cc2ccc(-c3nc(-c4ccc(F)cc4)sc3Br)cc2)c1. The van der Waals surface area contributed by atoms with Crippen LogP contribution in [0.5, 0.6) is 0 Å². The number of benzene rings is 3. The van der Waals surface area contributed by atoms with Crippen LogP contribution in [0.4, 0.5) is 4.39 Å². The van der Waals surface area contributed by atoms with Crippen molar-refractivity contribution < 1.29 is 4.39 Å². The third kappa shape index (κ3) is 4.29. The summed E-state index contributed by atoms with van der Waals surface area (Å²) in [7, 11) is 0. The molecular weight excluding hydrogens is 433 g/mol. The van der Waals surface area contributed by atoms with Gasteiger partial charge >= 0.3 is 0 Å². The summed E-state index contributed by atoms with van der Waals surface area (Å²) in [5.41, 5.74) is 6.44. The largest absolute Gasteiger partial charge is 0.235 e. The van der Waals surface area contributed by atoms with Gasteiger partial charge in [-0.15, -0.1) is 11.3 Å². The van der Waals surface area contributed by atoms with E-state index in [4.69, 9.17) is 4.98 Å². The van der Waals surface area contributed by atoms with E-state index in [-0.39, 0.29) is 5.82 Å². The van der Waals surface area contributed by atoms with Gasteiger partial charge in [0.25, 0.3) is 0 Å². The molecule has 0 fully saturated rings. The maximum absolute atomic E-state index is 13.1. The van der Waals surface area contributed by atoms with Crippen LogP contribution in [0.2, 0.25) is 0 Å². The Hall–Kier alpha value is -2.56. The monoisotopic (exact) mass is 449 g/mol. The molecule has 0 amide bonds. The third-order valence-corrected chi connectivity index (χ3v) is 6.13. The van der Waals surface area contributed by atoms with Crippen LogP contribution in [0.1, 0.15) is 16.7 Å². The second-order valence-corrected chi connectivity index (χ2v) is 8.83. The van der Waals surface area contributed by atoms with Crippen LogP contribution in [0.3, 0.4) is 0 Å². The predicted octanol–water partition coefficient (Wildman–Crippen LogP) is 7.86. The Labute approximate surface area is 176 Å². The molecule has 0 bridgehead atoms. The molecule has 1 aromatic heterocycles. The average Bonchev–Trinajstić information content (AvgIpc) is 3.09. The van der Waals surface area contributed by atoms with Crippen molar-refractivity contribution in [2.75, 3.05) is 0 Å². The van der Waals surface area contributed by atoms with Crippen molar-refractivity contribution in [3.05, 3.63) is 99.1 Å². The van der Waals surface area contributed by atoms with Crippen LogP contribution in [0, 0.1) is 12.7 Å². The molecule has 0 saturated carbocycles. The topological polar surface area (TPSA) is 12.9 Å². The number of aromatic nitrogens is 1. The second-order valence-electron chi connectivity index (χ2n) is 6.52. The average molecular weight is 450 g/mol. The first-order valence-corrected chi connectivity index (χ1v) is 10.5. The van der Waals surface area contributed by atoms with E-state index in [0.717, 1.165) is 31.2 Å². The van der Waals surface area contributed by atoms with Crippen LogP contribution < -0.4 is 0 Å². The van der Waals surface area contributed by atoms with E-state index in [1.807, 2.05) is 0 Å². The van der Waals surface area contributed by atoms with Crippen molar-refractivity contribution in [1.29, 1.82) is 0 Å². The van der Waals surface area contributed by atoms with Crippen molar-refractivity contribution in [3.63, 3.8) is 0 Å². The lowest BCUT2D eigenvalue weighted by Gasteiger charge is -2.00. The zero-order valence-electron chi connectivity index (χ0n) is 15.2. The van der Waals surface area contributed by atoms with Gasteiger partial charge in [0.05, 0.1) is 9.48 Å². The molecule has 0 aliphatic carbocycles. The highest BCUT2D eigenvalue weighted by Crippen LogP contribution is 2.37. The number of aryl methyl sites for hydroxylation is 1. The van der Waals surface area contributed by atoms with Crippen LogP contribution >= 0.6 is 27.3 Å². The molecule has 1 heterocycles. The summed E-state index contributed by atoms with van der Waals surface area (Å²) in [5.74, 6) is -0.242. The minimum atomic E-state index is -0.242. The molecule has 0 aliphatic heterocycles. The number of halogens is 2. The standard InChI is InChI=1S/C24H17BrFNS/c1-16-3-2-4-18(15-16)6-5-17-7-9-19(10-8-17)22-23(25)28-24(27-22)20-11-13-21(26)14-12-20/h2-15H,1H3. The normalized spacial score (nSPS) is 11.2. The number of hydrogen-bond acceptors (Lipinski definition) is 2. The first-order chi connectivity index (χ1) is 13.6. The van der Waals surface area contributed by atoms with Gasteiger partial charge in [-0.3, -0.25) is 0 Å². The van der Waals surface area contributed by atoms with Gasteiger partial charge in [-0.2, -0.15) is 0 Å². The predicted molar refractivity (Wildman–Crippen MR) is 121 cm³/mol. The Morgan fingerprint density at radius 2 is 1.54 bits per heavy atom. The summed E-state index contributed by atoms with van der Waals surface area (Å²) in [6.45, 7) is 2.10. The highest BCUT2D eigenvalue weighted by molar-refractivity contribution is 9.11. The fourth-order valence-electron chi connectivity index (χ4n) is 2.91. The molecule has 0 unspecified atom stereocenters. The van der Waals surface area contributed by atoms with Crippen LogP contribution in [-0.2, 0) is 0 Å². The zero-order chi connectivity index (χ0) is 19.5. The first-order valence-electron chi connectivity index (χ1n) is 8.86. The van der Waals surface area contributed by atoms with E-state index in [2.05, 4.69) is 83.5 Å². The Morgan fingerprint density at radius 1 is 0.857 bits per heavy atom. The molecule has 1 nitrogen and oxygen atoms in total. The highest BCUT2D eigenvalue weighted by Gasteiger charge is 2.12. The molecule has 4 aromatic rings. The molecule has 0 atom stereocenters. The number of hydrogen-bond donors (Lipinski definition) is 0. The van der Waals surface area contributed by atoms with Gasteiger partial charge in [0.2, 0.25) is 0 Å². The molecule has 138 valence electrons. The van der Waals surface area contributed by atoms with Gasteiger partial charge in [-0.1, -0.05) is 66.2 Å². The van der Waals surface area contributed by atoms with E-state index in [1.165, 1.54) is 23.3 Å². The fourth-order valence-corrected chi connectivity index (χ4v) is 4.51. The molecule has 0 aliphatic rings. The lowest BCUT2D eigenvalue weighted by atomic mass is 10.1. The quantitative estimate of drug-likeness (QED) is 0.289. The van der Waals surface area contributed by atoms with E-state index >= 15 is 0 Å². The maximum atomic E-state index is 13.1. The van der Waals surface area contributed by atoms with E-state index in [9.17, 15) is 4.39 Å². The molecule has 4 rings (SSSR count). The molecule has 0 N–H and O–H groups in total. The Morgan fingerprint density at radius 3 is 2.25 bits per heavy atom.